The number of amides is 2. The maximum atomic E-state index is 10.8. The second kappa shape index (κ2) is 5.73. The van der Waals surface area contributed by atoms with E-state index in [4.69, 9.17) is 5.73 Å². The van der Waals surface area contributed by atoms with E-state index < -0.39 is 6.03 Å². The topological polar surface area (TPSA) is 72.4 Å². The Kier molecular flexibility index (Phi) is 3.62. The molecule has 0 spiro atoms. The molecule has 0 bridgehead atoms. The summed E-state index contributed by atoms with van der Waals surface area (Å²) in [6.07, 6.45) is 1.63. The van der Waals surface area contributed by atoms with Crippen molar-refractivity contribution in [2.45, 2.75) is 0 Å². The van der Waals surface area contributed by atoms with Crippen molar-refractivity contribution in [3.63, 3.8) is 0 Å². The molecule has 3 N–H and O–H groups in total. The molecule has 3 aromatic rings. The fourth-order valence-electron chi connectivity index (χ4n) is 2.66. The first-order valence-corrected chi connectivity index (χ1v) is 6.90. The van der Waals surface area contributed by atoms with E-state index in [1.807, 2.05) is 55.6 Å². The van der Waals surface area contributed by atoms with Gasteiger partial charge in [-0.3, -0.25) is 0 Å². The zero-order chi connectivity index (χ0) is 15.5. The van der Waals surface area contributed by atoms with Gasteiger partial charge in [0.1, 0.15) is 0 Å². The number of hydrogen-bond donors (Lipinski definition) is 2. The summed E-state index contributed by atoms with van der Waals surface area (Å²) in [5.74, 6) is 0. The number of benzene rings is 2. The number of aromatic nitrogens is 1. The van der Waals surface area contributed by atoms with E-state index >= 15 is 0 Å². The molecular formula is C17H16N4O. The number of carbonyl (C=O) groups excluding carboxylic acids is 1. The van der Waals surface area contributed by atoms with Crippen molar-refractivity contribution in [1.29, 1.82) is 0 Å². The Morgan fingerprint density at radius 3 is 2.55 bits per heavy atom. The number of fused-ring (bicyclic) bond motifs is 1. The molecule has 2 amide bonds. The number of nitrogens with two attached hydrogens (primary N) is 1. The Balaban J connectivity index is 2.23. The highest BCUT2D eigenvalue weighted by Crippen LogP contribution is 2.31. The number of nitrogens with one attached hydrogen (secondary N) is 1. The summed E-state index contributed by atoms with van der Waals surface area (Å²) >= 11 is 0. The van der Waals surface area contributed by atoms with Crippen LogP contribution in [0.4, 0.5) is 4.79 Å². The highest BCUT2D eigenvalue weighted by atomic mass is 16.2. The average Bonchev–Trinajstić information content (AvgIpc) is 2.81. The number of rotatable bonds is 3. The number of para-hydroxylation sites is 1. The molecule has 22 heavy (non-hydrogen) atoms. The molecule has 1 heterocycles. The van der Waals surface area contributed by atoms with Crippen LogP contribution in [0, 0.1) is 0 Å². The van der Waals surface area contributed by atoms with Gasteiger partial charge in [0.25, 0.3) is 0 Å². The summed E-state index contributed by atoms with van der Waals surface area (Å²) in [5.41, 5.74) is 11.5. The second-order valence-electron chi connectivity index (χ2n) is 4.94. The Morgan fingerprint density at radius 1 is 1.14 bits per heavy atom. The van der Waals surface area contributed by atoms with Crippen molar-refractivity contribution in [2.24, 2.45) is 17.9 Å². The maximum Gasteiger partial charge on any atom is 0.332 e. The van der Waals surface area contributed by atoms with Gasteiger partial charge in [-0.15, -0.1) is 0 Å². The smallest absolute Gasteiger partial charge is 0.332 e. The molecule has 0 aliphatic rings. The number of aryl methyl sites for hydroxylation is 1. The Morgan fingerprint density at radius 2 is 1.82 bits per heavy atom. The highest BCUT2D eigenvalue weighted by molar-refractivity contribution is 6.06. The fraction of sp³-hybridized carbons (Fsp3) is 0.0588. The summed E-state index contributed by atoms with van der Waals surface area (Å²) in [5, 5.41) is 5.00. The molecule has 5 heteroatoms. The van der Waals surface area contributed by atoms with Crippen LogP contribution in [0.5, 0.6) is 0 Å². The summed E-state index contributed by atoms with van der Waals surface area (Å²) < 4.78 is 2.12. The molecule has 110 valence electrons. The fourth-order valence-corrected chi connectivity index (χ4v) is 2.66. The first-order chi connectivity index (χ1) is 10.7. The van der Waals surface area contributed by atoms with E-state index in [-0.39, 0.29) is 0 Å². The lowest BCUT2D eigenvalue weighted by Crippen LogP contribution is -2.24. The number of urea groups is 1. The van der Waals surface area contributed by atoms with Crippen molar-refractivity contribution in [3.8, 4) is 11.3 Å². The van der Waals surface area contributed by atoms with Crippen LogP contribution in [0.2, 0.25) is 0 Å². The molecule has 1 aromatic heterocycles. The lowest BCUT2D eigenvalue weighted by Gasteiger charge is -2.05. The van der Waals surface area contributed by atoms with Crippen LogP contribution in [0.3, 0.4) is 0 Å². The van der Waals surface area contributed by atoms with Gasteiger partial charge in [0.05, 0.1) is 11.9 Å². The zero-order valence-corrected chi connectivity index (χ0v) is 12.2. The first kappa shape index (κ1) is 13.9. The predicted octanol–water partition coefficient (Wildman–Crippen LogP) is 2.85. The number of carbonyl (C=O) groups is 1. The van der Waals surface area contributed by atoms with Gasteiger partial charge in [-0.1, -0.05) is 48.5 Å². The van der Waals surface area contributed by atoms with Crippen LogP contribution in [0.25, 0.3) is 22.2 Å². The van der Waals surface area contributed by atoms with Crippen molar-refractivity contribution in [3.05, 3.63) is 60.2 Å². The van der Waals surface area contributed by atoms with E-state index in [2.05, 4.69) is 21.2 Å². The van der Waals surface area contributed by atoms with Crippen molar-refractivity contribution >= 4 is 23.1 Å². The first-order valence-electron chi connectivity index (χ1n) is 6.90. The summed E-state index contributed by atoms with van der Waals surface area (Å²) in [7, 11) is 2.02. The second-order valence-corrected chi connectivity index (χ2v) is 4.94. The molecular weight excluding hydrogens is 276 g/mol. The Labute approximate surface area is 128 Å². The molecule has 0 atom stereocenters. The number of nitrogens with zero attached hydrogens (tertiary/aromatic N) is 2. The van der Waals surface area contributed by atoms with Crippen LogP contribution in [-0.2, 0) is 7.05 Å². The van der Waals surface area contributed by atoms with Gasteiger partial charge in [-0.25, -0.2) is 10.2 Å². The van der Waals surface area contributed by atoms with Gasteiger partial charge >= 0.3 is 6.03 Å². The van der Waals surface area contributed by atoms with Crippen LogP contribution < -0.4 is 11.2 Å². The van der Waals surface area contributed by atoms with E-state index in [1.54, 1.807) is 6.21 Å². The molecule has 3 rings (SSSR count). The van der Waals surface area contributed by atoms with Crippen LogP contribution in [0.1, 0.15) is 5.56 Å². The molecule has 0 fully saturated rings. The minimum absolute atomic E-state index is 0.683. The SMILES string of the molecule is Cn1c(-c2ccccc2)c(/C=N\NC(N)=O)c2ccccc21. The van der Waals surface area contributed by atoms with Crippen LogP contribution in [0.15, 0.2) is 59.7 Å². The third-order valence-corrected chi connectivity index (χ3v) is 3.56. The van der Waals surface area contributed by atoms with Gasteiger partial charge in [0.2, 0.25) is 0 Å². The van der Waals surface area contributed by atoms with Gasteiger partial charge in [-0.05, 0) is 11.6 Å². The monoisotopic (exact) mass is 292 g/mol. The highest BCUT2D eigenvalue weighted by Gasteiger charge is 2.14. The van der Waals surface area contributed by atoms with Gasteiger partial charge in [-0.2, -0.15) is 5.10 Å². The minimum atomic E-state index is -0.683. The van der Waals surface area contributed by atoms with Gasteiger partial charge < -0.3 is 10.3 Å². The number of hydrogen-bond acceptors (Lipinski definition) is 2. The van der Waals surface area contributed by atoms with Gasteiger partial charge in [0.15, 0.2) is 0 Å². The molecule has 5 nitrogen and oxygen atoms in total. The normalized spacial score (nSPS) is 11.1. The summed E-state index contributed by atoms with van der Waals surface area (Å²) in [6.45, 7) is 0. The molecule has 0 saturated heterocycles. The third kappa shape index (κ3) is 2.44. The van der Waals surface area contributed by atoms with Crippen LogP contribution >= 0.6 is 0 Å². The Hall–Kier alpha value is -3.08. The zero-order valence-electron chi connectivity index (χ0n) is 12.2. The molecule has 2 aromatic carbocycles. The molecule has 0 aliphatic carbocycles. The van der Waals surface area contributed by atoms with E-state index in [9.17, 15) is 4.79 Å². The molecule has 0 radical (unpaired) electrons. The van der Waals surface area contributed by atoms with Crippen LogP contribution in [-0.4, -0.2) is 16.8 Å². The lowest BCUT2D eigenvalue weighted by atomic mass is 10.1. The van der Waals surface area contributed by atoms with Crippen molar-refractivity contribution in [2.75, 3.05) is 0 Å². The van der Waals surface area contributed by atoms with E-state index in [1.165, 1.54) is 0 Å². The molecule has 0 aliphatic heterocycles. The average molecular weight is 292 g/mol. The Bertz CT molecular complexity index is 850. The summed E-state index contributed by atoms with van der Waals surface area (Å²) in [6, 6.07) is 17.5. The van der Waals surface area contributed by atoms with Gasteiger partial charge in [0, 0.05) is 23.5 Å². The van der Waals surface area contributed by atoms with E-state index in [0.29, 0.717) is 0 Å². The quantitative estimate of drug-likeness (QED) is 0.565. The number of primary amides is 1. The lowest BCUT2D eigenvalue weighted by molar-refractivity contribution is 0.249. The number of hydrazone groups is 1. The molecule has 0 saturated carbocycles. The largest absolute Gasteiger partial charge is 0.350 e. The standard InChI is InChI=1S/C17H16N4O/c1-21-15-10-6-5-9-13(15)14(11-19-20-17(18)22)16(21)12-7-3-2-4-8-12/h2-11H,1H3,(H3,18,20,22)/b19-11-. The predicted molar refractivity (Wildman–Crippen MR) is 88.7 cm³/mol. The molecule has 0 unspecified atom stereocenters. The van der Waals surface area contributed by atoms with E-state index in [0.717, 1.165) is 27.7 Å². The van der Waals surface area contributed by atoms with Crippen molar-refractivity contribution in [1.82, 2.24) is 9.99 Å². The maximum absolute atomic E-state index is 10.8. The van der Waals surface area contributed by atoms with Crippen molar-refractivity contribution < 1.29 is 4.79 Å². The summed E-state index contributed by atoms with van der Waals surface area (Å²) in [4.78, 5) is 10.8. The third-order valence-electron chi connectivity index (χ3n) is 3.56. The minimum Gasteiger partial charge on any atom is -0.350 e.